The lowest BCUT2D eigenvalue weighted by atomic mass is 10.1. The topological polar surface area (TPSA) is 15.8 Å². The highest BCUT2D eigenvalue weighted by Crippen LogP contribution is 2.34. The first kappa shape index (κ1) is 10.6. The molecule has 0 radical (unpaired) electrons. The van der Waals surface area contributed by atoms with Crippen LogP contribution in [-0.2, 0) is 6.42 Å². The van der Waals surface area contributed by atoms with Crippen LogP contribution in [0.25, 0.3) is 21.3 Å². The van der Waals surface area contributed by atoms with Gasteiger partial charge in [0.15, 0.2) is 0 Å². The molecule has 2 heteroatoms. The van der Waals surface area contributed by atoms with Gasteiger partial charge in [0, 0.05) is 32.4 Å². The van der Waals surface area contributed by atoms with E-state index in [0.29, 0.717) is 0 Å². The van der Waals surface area contributed by atoms with Crippen molar-refractivity contribution in [2.24, 2.45) is 0 Å². The average molecular weight is 241 g/mol. The van der Waals surface area contributed by atoms with E-state index in [9.17, 15) is 0 Å². The average Bonchev–Trinajstić information content (AvgIpc) is 2.93. The number of thiophene rings is 1. The summed E-state index contributed by atoms with van der Waals surface area (Å²) in [5, 5.41) is 1.32. The second-order valence-electron chi connectivity index (χ2n) is 4.37. The largest absolute Gasteiger partial charge is 0.361 e. The third-order valence-corrected chi connectivity index (χ3v) is 4.38. The summed E-state index contributed by atoms with van der Waals surface area (Å²) >= 11 is 1.89. The number of aromatic amines is 1. The van der Waals surface area contributed by atoms with E-state index in [4.69, 9.17) is 0 Å². The van der Waals surface area contributed by atoms with Crippen molar-refractivity contribution in [3.8, 4) is 10.4 Å². The van der Waals surface area contributed by atoms with E-state index < -0.39 is 0 Å². The highest BCUT2D eigenvalue weighted by Gasteiger charge is 2.08. The number of hydrogen-bond acceptors (Lipinski definition) is 1. The highest BCUT2D eigenvalue weighted by atomic mass is 32.1. The molecule has 3 rings (SSSR count). The van der Waals surface area contributed by atoms with E-state index in [0.717, 1.165) is 6.42 Å². The van der Waals surface area contributed by atoms with E-state index in [1.54, 1.807) is 0 Å². The Hall–Kier alpha value is -1.54. The molecule has 3 aromatic rings. The van der Waals surface area contributed by atoms with Crippen molar-refractivity contribution in [2.45, 2.75) is 20.3 Å². The molecule has 0 fully saturated rings. The summed E-state index contributed by atoms with van der Waals surface area (Å²) in [5.74, 6) is 0. The second-order valence-corrected chi connectivity index (χ2v) is 5.54. The summed E-state index contributed by atoms with van der Waals surface area (Å²) in [4.78, 5) is 6.17. The molecule has 0 aliphatic carbocycles. The molecular formula is C15H15NS. The Morgan fingerprint density at radius 2 is 2.06 bits per heavy atom. The Kier molecular flexibility index (Phi) is 2.52. The van der Waals surface area contributed by atoms with Crippen LogP contribution < -0.4 is 0 Å². The molecule has 86 valence electrons. The van der Waals surface area contributed by atoms with Crippen molar-refractivity contribution in [3.63, 3.8) is 0 Å². The van der Waals surface area contributed by atoms with Crippen LogP contribution in [-0.4, -0.2) is 4.98 Å². The molecule has 0 unspecified atom stereocenters. The zero-order valence-corrected chi connectivity index (χ0v) is 10.9. The molecule has 2 heterocycles. The maximum absolute atomic E-state index is 3.36. The smallest absolute Gasteiger partial charge is 0.0463 e. The Bertz CT molecular complexity index is 660. The first-order valence-corrected chi connectivity index (χ1v) is 6.76. The SMILES string of the molecule is CCc1ccc(-c2c[nH]c3cc(C)ccc23)s1. The van der Waals surface area contributed by atoms with Gasteiger partial charge in [-0.15, -0.1) is 11.3 Å². The number of benzene rings is 1. The number of H-pyrrole nitrogens is 1. The lowest BCUT2D eigenvalue weighted by Gasteiger charge is -1.96. The minimum Gasteiger partial charge on any atom is -0.361 e. The number of aryl methyl sites for hydroxylation is 2. The van der Waals surface area contributed by atoms with Crippen LogP contribution in [0.3, 0.4) is 0 Å². The van der Waals surface area contributed by atoms with Gasteiger partial charge in [-0.3, -0.25) is 0 Å². The summed E-state index contributed by atoms with van der Waals surface area (Å²) < 4.78 is 0. The van der Waals surface area contributed by atoms with Gasteiger partial charge in [-0.05, 0) is 37.1 Å². The van der Waals surface area contributed by atoms with Crippen LogP contribution in [0.2, 0.25) is 0 Å². The first-order valence-electron chi connectivity index (χ1n) is 5.94. The summed E-state index contributed by atoms with van der Waals surface area (Å²) in [6.45, 7) is 4.33. The van der Waals surface area contributed by atoms with Crippen molar-refractivity contribution < 1.29 is 0 Å². The van der Waals surface area contributed by atoms with Crippen LogP contribution in [0, 0.1) is 6.92 Å². The van der Waals surface area contributed by atoms with E-state index >= 15 is 0 Å². The molecule has 0 saturated heterocycles. The quantitative estimate of drug-likeness (QED) is 0.665. The maximum Gasteiger partial charge on any atom is 0.0463 e. The lowest BCUT2D eigenvalue weighted by molar-refractivity contribution is 1.19. The van der Waals surface area contributed by atoms with E-state index in [-0.39, 0.29) is 0 Å². The monoisotopic (exact) mass is 241 g/mol. The molecule has 0 amide bonds. The van der Waals surface area contributed by atoms with Gasteiger partial charge in [-0.25, -0.2) is 0 Å². The van der Waals surface area contributed by atoms with Gasteiger partial charge in [-0.1, -0.05) is 19.1 Å². The maximum atomic E-state index is 3.36. The number of aromatic nitrogens is 1. The van der Waals surface area contributed by atoms with Crippen molar-refractivity contribution in [1.82, 2.24) is 4.98 Å². The van der Waals surface area contributed by atoms with Gasteiger partial charge in [0.05, 0.1) is 0 Å². The molecule has 0 spiro atoms. The fraction of sp³-hybridized carbons (Fsp3) is 0.200. The Balaban J connectivity index is 2.17. The van der Waals surface area contributed by atoms with Crippen molar-refractivity contribution in [3.05, 3.63) is 47.0 Å². The molecule has 0 atom stereocenters. The van der Waals surface area contributed by atoms with E-state index in [1.807, 2.05) is 11.3 Å². The Labute approximate surface area is 105 Å². The first-order chi connectivity index (χ1) is 8.28. The molecule has 1 aromatic carbocycles. The normalized spacial score (nSPS) is 11.2. The van der Waals surface area contributed by atoms with Crippen molar-refractivity contribution >= 4 is 22.2 Å². The van der Waals surface area contributed by atoms with Gasteiger partial charge >= 0.3 is 0 Å². The van der Waals surface area contributed by atoms with E-state index in [2.05, 4.69) is 55.4 Å². The van der Waals surface area contributed by atoms with Gasteiger partial charge in [0.25, 0.3) is 0 Å². The minimum absolute atomic E-state index is 1.12. The molecule has 2 aromatic heterocycles. The molecule has 1 N–H and O–H groups in total. The fourth-order valence-electron chi connectivity index (χ4n) is 2.16. The zero-order valence-electron chi connectivity index (χ0n) is 10.1. The van der Waals surface area contributed by atoms with Crippen LogP contribution in [0.4, 0.5) is 0 Å². The third-order valence-electron chi connectivity index (χ3n) is 3.11. The zero-order chi connectivity index (χ0) is 11.8. The number of nitrogens with one attached hydrogen (secondary N) is 1. The molecule has 0 aliphatic heterocycles. The highest BCUT2D eigenvalue weighted by molar-refractivity contribution is 7.15. The molecule has 0 bridgehead atoms. The van der Waals surface area contributed by atoms with Gasteiger partial charge in [-0.2, -0.15) is 0 Å². The molecule has 0 aliphatic rings. The van der Waals surface area contributed by atoms with Crippen LogP contribution in [0.5, 0.6) is 0 Å². The summed E-state index contributed by atoms with van der Waals surface area (Å²) in [5.41, 5.74) is 3.85. The van der Waals surface area contributed by atoms with Gasteiger partial charge in [0.1, 0.15) is 0 Å². The van der Waals surface area contributed by atoms with E-state index in [1.165, 1.54) is 31.8 Å². The lowest BCUT2D eigenvalue weighted by Crippen LogP contribution is -1.72. The summed E-state index contributed by atoms with van der Waals surface area (Å²) in [7, 11) is 0. The Morgan fingerprint density at radius 1 is 1.18 bits per heavy atom. The molecule has 1 nitrogen and oxygen atoms in total. The standard InChI is InChI=1S/C15H15NS/c1-3-11-5-7-15(17-11)13-9-16-14-8-10(2)4-6-12(13)14/h4-9,16H,3H2,1-2H3. The summed E-state index contributed by atoms with van der Waals surface area (Å²) in [6.07, 6.45) is 3.24. The predicted octanol–water partition coefficient (Wildman–Crippen LogP) is 4.77. The Morgan fingerprint density at radius 3 is 2.82 bits per heavy atom. The van der Waals surface area contributed by atoms with Crippen LogP contribution >= 0.6 is 11.3 Å². The van der Waals surface area contributed by atoms with Crippen molar-refractivity contribution in [1.29, 1.82) is 0 Å². The fourth-order valence-corrected chi connectivity index (χ4v) is 3.13. The van der Waals surface area contributed by atoms with Crippen LogP contribution in [0.1, 0.15) is 17.4 Å². The number of rotatable bonds is 2. The molecule has 0 saturated carbocycles. The third kappa shape index (κ3) is 1.79. The molecular weight excluding hydrogens is 226 g/mol. The van der Waals surface area contributed by atoms with Crippen LogP contribution in [0.15, 0.2) is 36.5 Å². The summed E-state index contributed by atoms with van der Waals surface area (Å²) in [6, 6.07) is 11.0. The van der Waals surface area contributed by atoms with Crippen molar-refractivity contribution in [2.75, 3.05) is 0 Å². The predicted molar refractivity (Wildman–Crippen MR) is 75.7 cm³/mol. The number of hydrogen-bond donors (Lipinski definition) is 1. The second kappa shape index (κ2) is 4.04. The van der Waals surface area contributed by atoms with Gasteiger partial charge in [0.2, 0.25) is 0 Å². The minimum atomic E-state index is 1.12. The number of fused-ring (bicyclic) bond motifs is 1. The molecule has 17 heavy (non-hydrogen) atoms. The van der Waals surface area contributed by atoms with Gasteiger partial charge < -0.3 is 4.98 Å².